The zero-order chi connectivity index (χ0) is 15.9. The number of nitrogens with zero attached hydrogens (tertiary/aromatic N) is 1. The van der Waals surface area contributed by atoms with Gasteiger partial charge in [-0.2, -0.15) is 0 Å². The molecule has 0 aliphatic rings. The van der Waals surface area contributed by atoms with E-state index in [1.807, 2.05) is 6.07 Å². The average molecular weight is 298 g/mol. The van der Waals surface area contributed by atoms with Crippen molar-refractivity contribution in [1.29, 1.82) is 0 Å². The number of benzene rings is 1. The first kappa shape index (κ1) is 16.7. The largest absolute Gasteiger partial charge is 0.399 e. The van der Waals surface area contributed by atoms with Crippen molar-refractivity contribution in [2.75, 3.05) is 5.73 Å². The number of nitrogens with two attached hydrogens (primary N) is 1. The Hall–Kier alpha value is -1.70. The molecule has 0 aliphatic carbocycles. The summed E-state index contributed by atoms with van der Waals surface area (Å²) in [5.41, 5.74) is 12.7. The Morgan fingerprint density at radius 3 is 2.36 bits per heavy atom. The van der Waals surface area contributed by atoms with E-state index in [1.54, 1.807) is 0 Å². The Balaban J connectivity index is 2.40. The Bertz CT molecular complexity index is 596. The lowest BCUT2D eigenvalue weighted by Crippen LogP contribution is -2.08. The van der Waals surface area contributed by atoms with Crippen molar-refractivity contribution in [2.24, 2.45) is 0 Å². The molecule has 22 heavy (non-hydrogen) atoms. The molecule has 1 aromatic carbocycles. The summed E-state index contributed by atoms with van der Waals surface area (Å²) in [6.07, 6.45) is 6.92. The van der Waals surface area contributed by atoms with Gasteiger partial charge in [-0.25, -0.2) is 0 Å². The van der Waals surface area contributed by atoms with Crippen LogP contribution in [-0.2, 0) is 25.8 Å². The van der Waals surface area contributed by atoms with Crippen molar-refractivity contribution in [3.8, 4) is 0 Å². The minimum atomic E-state index is 0.858. The van der Waals surface area contributed by atoms with Crippen LogP contribution in [0.1, 0.15) is 62.5 Å². The summed E-state index contributed by atoms with van der Waals surface area (Å²) in [6, 6.07) is 10.8. The maximum absolute atomic E-state index is 5.95. The third-order valence-corrected chi connectivity index (χ3v) is 4.18. The maximum atomic E-state index is 5.95. The first-order chi connectivity index (χ1) is 10.7. The molecule has 1 aromatic heterocycles. The molecule has 2 nitrogen and oxygen atoms in total. The van der Waals surface area contributed by atoms with E-state index in [1.165, 1.54) is 54.6 Å². The zero-order valence-corrected chi connectivity index (χ0v) is 14.4. The third-order valence-electron chi connectivity index (χ3n) is 4.18. The van der Waals surface area contributed by atoms with Gasteiger partial charge in [-0.3, -0.25) is 0 Å². The molecule has 2 rings (SSSR count). The fourth-order valence-electron chi connectivity index (χ4n) is 3.27. The minimum Gasteiger partial charge on any atom is -0.399 e. The lowest BCUT2D eigenvalue weighted by atomic mass is 10.0. The van der Waals surface area contributed by atoms with Gasteiger partial charge in [-0.15, -0.1) is 0 Å². The smallest absolute Gasteiger partial charge is 0.0316 e. The Kier molecular flexibility index (Phi) is 6.11. The van der Waals surface area contributed by atoms with Gasteiger partial charge in [0.15, 0.2) is 0 Å². The monoisotopic (exact) mass is 298 g/mol. The van der Waals surface area contributed by atoms with Gasteiger partial charge in [0, 0.05) is 30.0 Å². The standard InChI is InChI=1S/C20H30N2/c1-4-8-17-15-19(9-5-2)22(12-6-3)20(17)14-16-10-7-11-18(21)13-16/h7,10-11,13,15H,4-6,8-9,12,14,21H2,1-3H3. The van der Waals surface area contributed by atoms with Gasteiger partial charge < -0.3 is 10.3 Å². The quantitative estimate of drug-likeness (QED) is 0.685. The van der Waals surface area contributed by atoms with Crippen LogP contribution in [0.4, 0.5) is 5.69 Å². The van der Waals surface area contributed by atoms with E-state index in [9.17, 15) is 0 Å². The second-order valence-corrected chi connectivity index (χ2v) is 6.18. The number of aromatic nitrogens is 1. The number of rotatable bonds is 8. The molecular formula is C20H30N2. The van der Waals surface area contributed by atoms with E-state index >= 15 is 0 Å². The van der Waals surface area contributed by atoms with Gasteiger partial charge in [0.2, 0.25) is 0 Å². The zero-order valence-electron chi connectivity index (χ0n) is 14.4. The van der Waals surface area contributed by atoms with Crippen LogP contribution in [0, 0.1) is 0 Å². The molecular weight excluding hydrogens is 268 g/mol. The van der Waals surface area contributed by atoms with E-state index in [0.29, 0.717) is 0 Å². The van der Waals surface area contributed by atoms with E-state index in [2.05, 4.69) is 49.6 Å². The van der Waals surface area contributed by atoms with E-state index in [-0.39, 0.29) is 0 Å². The third kappa shape index (κ3) is 3.94. The van der Waals surface area contributed by atoms with Crippen LogP contribution in [0.5, 0.6) is 0 Å². The number of hydrogen-bond acceptors (Lipinski definition) is 1. The predicted molar refractivity (Wildman–Crippen MR) is 96.4 cm³/mol. The van der Waals surface area contributed by atoms with Gasteiger partial charge >= 0.3 is 0 Å². The highest BCUT2D eigenvalue weighted by Gasteiger charge is 2.14. The molecule has 0 atom stereocenters. The van der Waals surface area contributed by atoms with Crippen molar-refractivity contribution in [2.45, 2.75) is 65.8 Å². The summed E-state index contributed by atoms with van der Waals surface area (Å²) in [7, 11) is 0. The van der Waals surface area contributed by atoms with Crippen LogP contribution in [-0.4, -0.2) is 4.57 Å². The van der Waals surface area contributed by atoms with Crippen molar-refractivity contribution in [3.05, 3.63) is 52.8 Å². The van der Waals surface area contributed by atoms with Crippen molar-refractivity contribution < 1.29 is 0 Å². The minimum absolute atomic E-state index is 0.858. The summed E-state index contributed by atoms with van der Waals surface area (Å²) < 4.78 is 2.57. The lowest BCUT2D eigenvalue weighted by molar-refractivity contribution is 0.617. The molecule has 2 N–H and O–H groups in total. The van der Waals surface area contributed by atoms with Crippen LogP contribution >= 0.6 is 0 Å². The van der Waals surface area contributed by atoms with Crippen LogP contribution in [0.2, 0.25) is 0 Å². The molecule has 2 heteroatoms. The highest BCUT2D eigenvalue weighted by atomic mass is 15.0. The first-order valence-electron chi connectivity index (χ1n) is 8.74. The maximum Gasteiger partial charge on any atom is 0.0316 e. The molecule has 0 spiro atoms. The SMILES string of the molecule is CCCc1cc(CCC)n(CCC)c1Cc1cccc(N)c1. The molecule has 1 heterocycles. The second-order valence-electron chi connectivity index (χ2n) is 6.18. The van der Waals surface area contributed by atoms with Gasteiger partial charge in [0.1, 0.15) is 0 Å². The Morgan fingerprint density at radius 1 is 0.955 bits per heavy atom. The van der Waals surface area contributed by atoms with Crippen LogP contribution in [0.3, 0.4) is 0 Å². The average Bonchev–Trinajstić information content (AvgIpc) is 2.79. The fraction of sp³-hybridized carbons (Fsp3) is 0.500. The summed E-state index contributed by atoms with van der Waals surface area (Å²) in [6.45, 7) is 7.91. The molecule has 0 saturated heterocycles. The van der Waals surface area contributed by atoms with Gasteiger partial charge in [-0.1, -0.05) is 45.7 Å². The van der Waals surface area contributed by atoms with E-state index < -0.39 is 0 Å². The summed E-state index contributed by atoms with van der Waals surface area (Å²) in [4.78, 5) is 0. The van der Waals surface area contributed by atoms with Gasteiger partial charge in [0.25, 0.3) is 0 Å². The Morgan fingerprint density at radius 2 is 1.73 bits per heavy atom. The Labute approximate surface area is 135 Å². The summed E-state index contributed by atoms with van der Waals surface area (Å²) >= 11 is 0. The highest BCUT2D eigenvalue weighted by Crippen LogP contribution is 2.24. The van der Waals surface area contributed by atoms with Crippen molar-refractivity contribution in [1.82, 2.24) is 4.57 Å². The molecule has 0 fully saturated rings. The summed E-state index contributed by atoms with van der Waals surface area (Å²) in [5, 5.41) is 0. The number of hydrogen-bond donors (Lipinski definition) is 1. The second kappa shape index (κ2) is 8.07. The molecule has 120 valence electrons. The van der Waals surface area contributed by atoms with Gasteiger partial charge in [-0.05, 0) is 48.6 Å². The first-order valence-corrected chi connectivity index (χ1v) is 8.74. The topological polar surface area (TPSA) is 30.9 Å². The van der Waals surface area contributed by atoms with Gasteiger partial charge in [0.05, 0.1) is 0 Å². The number of nitrogen functional groups attached to an aromatic ring is 1. The number of aryl methyl sites for hydroxylation is 2. The molecule has 0 amide bonds. The number of anilines is 1. The van der Waals surface area contributed by atoms with Crippen molar-refractivity contribution in [3.63, 3.8) is 0 Å². The fourth-order valence-corrected chi connectivity index (χ4v) is 3.27. The highest BCUT2D eigenvalue weighted by molar-refractivity contribution is 5.43. The molecule has 0 aliphatic heterocycles. The molecule has 0 unspecified atom stereocenters. The molecule has 2 aromatic rings. The molecule has 0 bridgehead atoms. The van der Waals surface area contributed by atoms with Crippen molar-refractivity contribution >= 4 is 5.69 Å². The predicted octanol–water partition coefficient (Wildman–Crippen LogP) is 4.98. The summed E-state index contributed by atoms with van der Waals surface area (Å²) in [5.74, 6) is 0. The normalized spacial score (nSPS) is 11.0. The molecule has 0 radical (unpaired) electrons. The van der Waals surface area contributed by atoms with E-state index in [0.717, 1.165) is 18.7 Å². The van der Waals surface area contributed by atoms with E-state index in [4.69, 9.17) is 5.73 Å². The lowest BCUT2D eigenvalue weighted by Gasteiger charge is -2.14. The van der Waals surface area contributed by atoms with Crippen LogP contribution < -0.4 is 5.73 Å². The molecule has 0 saturated carbocycles. The van der Waals surface area contributed by atoms with Crippen LogP contribution in [0.25, 0.3) is 0 Å². The van der Waals surface area contributed by atoms with Crippen LogP contribution in [0.15, 0.2) is 30.3 Å².